The van der Waals surface area contributed by atoms with Gasteiger partial charge >= 0.3 is 0 Å². The van der Waals surface area contributed by atoms with Crippen molar-refractivity contribution in [1.29, 1.82) is 0 Å². The molecule has 0 aromatic rings. The minimum atomic E-state index is -0.274. The first-order valence-corrected chi connectivity index (χ1v) is 7.86. The van der Waals surface area contributed by atoms with E-state index >= 15 is 0 Å². The van der Waals surface area contributed by atoms with Crippen LogP contribution in [0, 0.1) is 5.41 Å². The van der Waals surface area contributed by atoms with Crippen LogP contribution in [-0.2, 0) is 9.59 Å². The lowest BCUT2D eigenvalue weighted by atomic mass is 9.74. The third-order valence-electron chi connectivity index (χ3n) is 4.29. The largest absolute Gasteiger partial charge is 0.347 e. The predicted octanol–water partition coefficient (Wildman–Crippen LogP) is 1.14. The van der Waals surface area contributed by atoms with Gasteiger partial charge in [-0.3, -0.25) is 9.59 Å². The van der Waals surface area contributed by atoms with E-state index in [-0.39, 0.29) is 23.8 Å². The van der Waals surface area contributed by atoms with Crippen LogP contribution < -0.4 is 10.6 Å². The second-order valence-corrected chi connectivity index (χ2v) is 5.53. The molecule has 5 heteroatoms. The monoisotopic (exact) mass is 283 g/mol. The van der Waals surface area contributed by atoms with Crippen molar-refractivity contribution in [3.05, 3.63) is 0 Å². The second-order valence-electron chi connectivity index (χ2n) is 5.53. The van der Waals surface area contributed by atoms with Gasteiger partial charge in [-0.05, 0) is 46.2 Å². The Kier molecular flexibility index (Phi) is 6.99. The summed E-state index contributed by atoms with van der Waals surface area (Å²) in [5, 5.41) is 6.17. The summed E-state index contributed by atoms with van der Waals surface area (Å²) in [5.74, 6) is 0.0605. The zero-order valence-electron chi connectivity index (χ0n) is 13.1. The van der Waals surface area contributed by atoms with E-state index < -0.39 is 0 Å². The fourth-order valence-electron chi connectivity index (χ4n) is 3.01. The Morgan fingerprint density at radius 1 is 1.15 bits per heavy atom. The molecule has 0 aromatic carbocycles. The van der Waals surface area contributed by atoms with Gasteiger partial charge in [0, 0.05) is 13.1 Å². The summed E-state index contributed by atoms with van der Waals surface area (Å²) < 4.78 is 0. The quantitative estimate of drug-likeness (QED) is 0.736. The van der Waals surface area contributed by atoms with E-state index in [0.717, 1.165) is 38.8 Å². The summed E-state index contributed by atoms with van der Waals surface area (Å²) >= 11 is 0. The Morgan fingerprint density at radius 2 is 1.75 bits per heavy atom. The van der Waals surface area contributed by atoms with Crippen LogP contribution in [0.25, 0.3) is 0 Å². The maximum absolute atomic E-state index is 12.5. The minimum absolute atomic E-state index is 0.00364. The van der Waals surface area contributed by atoms with E-state index in [0.29, 0.717) is 13.1 Å². The van der Waals surface area contributed by atoms with Crippen molar-refractivity contribution in [2.45, 2.75) is 46.5 Å². The molecule has 5 nitrogen and oxygen atoms in total. The number of amides is 2. The predicted molar refractivity (Wildman–Crippen MR) is 80.4 cm³/mol. The number of nitrogens with one attached hydrogen (secondary N) is 2. The summed E-state index contributed by atoms with van der Waals surface area (Å²) in [7, 11) is 0. The number of rotatable bonds is 7. The fraction of sp³-hybridized carbons (Fsp3) is 0.867. The molecule has 0 bridgehead atoms. The molecule has 20 heavy (non-hydrogen) atoms. The Labute approximate surface area is 122 Å². The molecule has 1 heterocycles. The molecule has 0 aliphatic carbocycles. The molecular formula is C15H29N3O2. The van der Waals surface area contributed by atoms with E-state index in [1.165, 1.54) is 0 Å². The van der Waals surface area contributed by atoms with Gasteiger partial charge in [0.1, 0.15) is 0 Å². The lowest BCUT2D eigenvalue weighted by Crippen LogP contribution is -2.50. The van der Waals surface area contributed by atoms with Gasteiger partial charge in [0.25, 0.3) is 0 Å². The third-order valence-corrected chi connectivity index (χ3v) is 4.29. The molecule has 1 fully saturated rings. The molecule has 1 aliphatic heterocycles. The van der Waals surface area contributed by atoms with E-state index in [1.807, 2.05) is 13.8 Å². The van der Waals surface area contributed by atoms with Crippen LogP contribution in [0.1, 0.15) is 46.5 Å². The van der Waals surface area contributed by atoms with E-state index in [1.54, 1.807) is 4.90 Å². The van der Waals surface area contributed by atoms with Crippen molar-refractivity contribution in [2.24, 2.45) is 5.41 Å². The minimum Gasteiger partial charge on any atom is -0.347 e. The van der Waals surface area contributed by atoms with Crippen LogP contribution in [0.2, 0.25) is 0 Å². The Balaban J connectivity index is 2.56. The molecule has 0 atom stereocenters. The molecule has 1 aliphatic rings. The van der Waals surface area contributed by atoms with Gasteiger partial charge in [0.05, 0.1) is 12.0 Å². The van der Waals surface area contributed by atoms with Crippen LogP contribution in [0.4, 0.5) is 0 Å². The van der Waals surface area contributed by atoms with Gasteiger partial charge in [0.15, 0.2) is 0 Å². The zero-order valence-corrected chi connectivity index (χ0v) is 13.1. The normalized spacial score (nSPS) is 17.6. The first-order chi connectivity index (χ1) is 9.59. The lowest BCUT2D eigenvalue weighted by molar-refractivity contribution is -0.137. The van der Waals surface area contributed by atoms with Gasteiger partial charge in [-0.15, -0.1) is 0 Å². The topological polar surface area (TPSA) is 61.4 Å². The zero-order chi connectivity index (χ0) is 15.0. The van der Waals surface area contributed by atoms with E-state index in [9.17, 15) is 9.59 Å². The molecule has 1 rings (SSSR count). The standard InChI is InChI=1S/C15H29N3O2/c1-4-7-15(8-10-16-11-9-15)14(20)17-12-13(19)18(5-2)6-3/h16H,4-12H2,1-3H3,(H,17,20). The third kappa shape index (κ3) is 4.20. The van der Waals surface area contributed by atoms with Gasteiger partial charge in [0.2, 0.25) is 11.8 Å². The van der Waals surface area contributed by atoms with Crippen molar-refractivity contribution in [2.75, 3.05) is 32.7 Å². The van der Waals surface area contributed by atoms with Gasteiger partial charge in [-0.2, -0.15) is 0 Å². The smallest absolute Gasteiger partial charge is 0.241 e. The first kappa shape index (κ1) is 17.0. The molecule has 2 N–H and O–H groups in total. The Hall–Kier alpha value is -1.10. The number of carbonyl (C=O) groups is 2. The Bertz CT molecular complexity index is 316. The molecule has 0 unspecified atom stereocenters. The van der Waals surface area contributed by atoms with Crippen LogP contribution in [0.15, 0.2) is 0 Å². The number of piperidine rings is 1. The summed E-state index contributed by atoms with van der Waals surface area (Å²) in [5.41, 5.74) is -0.274. The number of likely N-dealkylation sites (N-methyl/N-ethyl adjacent to an activating group) is 1. The molecule has 2 amide bonds. The average Bonchev–Trinajstić information content (AvgIpc) is 2.47. The molecule has 0 aromatic heterocycles. The maximum Gasteiger partial charge on any atom is 0.241 e. The fourth-order valence-corrected chi connectivity index (χ4v) is 3.01. The van der Waals surface area contributed by atoms with Crippen LogP contribution >= 0.6 is 0 Å². The maximum atomic E-state index is 12.5. The van der Waals surface area contributed by atoms with Crippen molar-refractivity contribution < 1.29 is 9.59 Å². The number of hydrogen-bond donors (Lipinski definition) is 2. The van der Waals surface area contributed by atoms with Crippen molar-refractivity contribution in [3.8, 4) is 0 Å². The van der Waals surface area contributed by atoms with Crippen molar-refractivity contribution in [1.82, 2.24) is 15.5 Å². The van der Waals surface area contributed by atoms with Crippen molar-refractivity contribution >= 4 is 11.8 Å². The van der Waals surface area contributed by atoms with Gasteiger partial charge < -0.3 is 15.5 Å². The van der Waals surface area contributed by atoms with Gasteiger partial charge in [-0.1, -0.05) is 13.3 Å². The molecule has 0 spiro atoms. The second kappa shape index (κ2) is 8.25. The molecule has 1 saturated heterocycles. The highest BCUT2D eigenvalue weighted by Crippen LogP contribution is 2.34. The van der Waals surface area contributed by atoms with Crippen LogP contribution in [0.5, 0.6) is 0 Å². The highest BCUT2D eigenvalue weighted by molar-refractivity contribution is 5.88. The number of carbonyl (C=O) groups excluding carboxylic acids is 2. The van der Waals surface area contributed by atoms with Crippen LogP contribution in [-0.4, -0.2) is 49.4 Å². The average molecular weight is 283 g/mol. The van der Waals surface area contributed by atoms with Crippen LogP contribution in [0.3, 0.4) is 0 Å². The van der Waals surface area contributed by atoms with Crippen molar-refractivity contribution in [3.63, 3.8) is 0 Å². The lowest BCUT2D eigenvalue weighted by Gasteiger charge is -2.36. The van der Waals surface area contributed by atoms with E-state index in [4.69, 9.17) is 0 Å². The molecule has 116 valence electrons. The van der Waals surface area contributed by atoms with E-state index in [2.05, 4.69) is 17.6 Å². The highest BCUT2D eigenvalue weighted by atomic mass is 16.2. The SMILES string of the molecule is CCCC1(C(=O)NCC(=O)N(CC)CC)CCNCC1. The summed E-state index contributed by atoms with van der Waals surface area (Å²) in [6, 6.07) is 0. The highest BCUT2D eigenvalue weighted by Gasteiger charge is 2.38. The number of nitrogens with zero attached hydrogens (tertiary/aromatic N) is 1. The van der Waals surface area contributed by atoms with Gasteiger partial charge in [-0.25, -0.2) is 0 Å². The summed E-state index contributed by atoms with van der Waals surface area (Å²) in [6.07, 6.45) is 3.63. The molecular weight excluding hydrogens is 254 g/mol. The summed E-state index contributed by atoms with van der Waals surface area (Å²) in [4.78, 5) is 26.2. The first-order valence-electron chi connectivity index (χ1n) is 7.86. The molecule has 0 saturated carbocycles. The number of hydrogen-bond acceptors (Lipinski definition) is 3. The Morgan fingerprint density at radius 3 is 2.25 bits per heavy atom. The molecule has 0 radical (unpaired) electrons. The summed E-state index contributed by atoms with van der Waals surface area (Å²) in [6.45, 7) is 9.29.